The Kier molecular flexibility index (Phi) is 21.2. The molecule has 0 bridgehead atoms. The summed E-state index contributed by atoms with van der Waals surface area (Å²) in [5.41, 5.74) is 1.94. The first-order valence-corrected chi connectivity index (χ1v) is 20.8. The minimum Gasteiger partial charge on any atom is -0.491 e. The molecule has 1 amide bonds. The van der Waals surface area contributed by atoms with Gasteiger partial charge < -0.3 is 19.5 Å². The molecule has 2 unspecified atom stereocenters. The van der Waals surface area contributed by atoms with Crippen molar-refractivity contribution < 1.29 is 19.0 Å². The van der Waals surface area contributed by atoms with Crippen molar-refractivity contribution in [3.05, 3.63) is 23.8 Å². The molecular formula is C44H79NO4. The van der Waals surface area contributed by atoms with Crippen molar-refractivity contribution in [1.82, 2.24) is 0 Å². The van der Waals surface area contributed by atoms with Crippen LogP contribution in [0.2, 0.25) is 0 Å². The van der Waals surface area contributed by atoms with E-state index in [2.05, 4.69) is 72.8 Å². The number of amides is 1. The van der Waals surface area contributed by atoms with Crippen molar-refractivity contribution in [2.45, 2.75) is 208 Å². The molecule has 1 N–H and O–H groups in total. The number of carbonyl (C=O) groups is 1. The lowest BCUT2D eigenvalue weighted by molar-refractivity contribution is -0.255. The van der Waals surface area contributed by atoms with Crippen LogP contribution in [-0.2, 0) is 19.7 Å². The van der Waals surface area contributed by atoms with Gasteiger partial charge in [-0.25, -0.2) is 0 Å². The van der Waals surface area contributed by atoms with E-state index in [1.165, 1.54) is 109 Å². The first-order valence-electron chi connectivity index (χ1n) is 20.8. The monoisotopic (exact) mass is 686 g/mol. The van der Waals surface area contributed by atoms with Crippen LogP contribution < -0.4 is 10.1 Å². The van der Waals surface area contributed by atoms with Gasteiger partial charge in [0.15, 0.2) is 0 Å². The summed E-state index contributed by atoms with van der Waals surface area (Å²) in [4.78, 5) is 14.2. The lowest BCUT2D eigenvalue weighted by Gasteiger charge is -2.42. The average Bonchev–Trinajstić information content (AvgIpc) is 3.06. The van der Waals surface area contributed by atoms with E-state index in [1.807, 2.05) is 6.07 Å². The van der Waals surface area contributed by atoms with E-state index >= 15 is 0 Å². The standard InChI is InChI=1S/C44H79NO4/c1-9-11-13-15-17-19-21-23-25-27-33-47-40-30-29-37(42(3,4)5)35-39(40)45-41(46)44(32-31-38(36-49-44)43(6,7)8)48-34-28-26-24-22-20-18-16-14-12-10-2/h29-30,35,38H,9-28,31-34,36H2,1-8H3,(H,45,46). The van der Waals surface area contributed by atoms with Gasteiger partial charge in [0.05, 0.1) is 25.5 Å². The van der Waals surface area contributed by atoms with E-state index in [0.29, 0.717) is 37.8 Å². The van der Waals surface area contributed by atoms with Gasteiger partial charge in [-0.3, -0.25) is 4.79 Å². The number of hydrogen-bond acceptors (Lipinski definition) is 4. The van der Waals surface area contributed by atoms with Crippen LogP contribution in [0, 0.1) is 11.3 Å². The van der Waals surface area contributed by atoms with Crippen LogP contribution in [0.15, 0.2) is 18.2 Å². The normalized spacial score (nSPS) is 18.5. The van der Waals surface area contributed by atoms with E-state index < -0.39 is 5.79 Å². The highest BCUT2D eigenvalue weighted by Gasteiger charge is 2.46. The van der Waals surface area contributed by atoms with E-state index in [1.54, 1.807) is 0 Å². The van der Waals surface area contributed by atoms with Gasteiger partial charge in [0.25, 0.3) is 5.91 Å². The first kappa shape index (κ1) is 43.6. The smallest absolute Gasteiger partial charge is 0.284 e. The van der Waals surface area contributed by atoms with Crippen LogP contribution in [0.4, 0.5) is 5.69 Å². The molecule has 0 aliphatic carbocycles. The Bertz CT molecular complexity index is 999. The Labute approximate surface area is 303 Å². The largest absolute Gasteiger partial charge is 0.491 e. The minimum absolute atomic E-state index is 0.0560. The number of unbranched alkanes of at least 4 members (excludes halogenated alkanes) is 18. The van der Waals surface area contributed by atoms with Crippen molar-refractivity contribution in [2.75, 3.05) is 25.1 Å². The molecule has 1 saturated heterocycles. The van der Waals surface area contributed by atoms with Gasteiger partial charge in [-0.2, -0.15) is 0 Å². The fourth-order valence-electron chi connectivity index (χ4n) is 6.83. The fraction of sp³-hybridized carbons (Fsp3) is 0.841. The zero-order valence-electron chi connectivity index (χ0n) is 33.6. The van der Waals surface area contributed by atoms with Crippen LogP contribution in [0.5, 0.6) is 5.75 Å². The number of nitrogens with one attached hydrogen (secondary N) is 1. The molecule has 5 nitrogen and oxygen atoms in total. The Morgan fingerprint density at radius 1 is 0.735 bits per heavy atom. The number of benzene rings is 1. The number of ether oxygens (including phenoxy) is 3. The molecule has 49 heavy (non-hydrogen) atoms. The number of anilines is 1. The predicted octanol–water partition coefficient (Wildman–Crippen LogP) is 13.3. The average molecular weight is 686 g/mol. The highest BCUT2D eigenvalue weighted by Crippen LogP contribution is 2.40. The second kappa shape index (κ2) is 23.8. The van der Waals surface area contributed by atoms with Gasteiger partial charge in [0.2, 0.25) is 5.79 Å². The molecule has 0 radical (unpaired) electrons. The third-order valence-electron chi connectivity index (χ3n) is 10.6. The summed E-state index contributed by atoms with van der Waals surface area (Å²) >= 11 is 0. The number of hydrogen-bond donors (Lipinski definition) is 1. The lowest BCUT2D eigenvalue weighted by Crippen LogP contribution is -2.53. The van der Waals surface area contributed by atoms with Gasteiger partial charge in [-0.15, -0.1) is 0 Å². The Morgan fingerprint density at radius 3 is 1.67 bits per heavy atom. The quantitative estimate of drug-likeness (QED) is 0.0986. The van der Waals surface area contributed by atoms with Crippen molar-refractivity contribution in [3.63, 3.8) is 0 Å². The Hall–Kier alpha value is -1.59. The third-order valence-corrected chi connectivity index (χ3v) is 10.6. The summed E-state index contributed by atoms with van der Waals surface area (Å²) < 4.78 is 19.3. The zero-order valence-corrected chi connectivity index (χ0v) is 33.6. The molecule has 1 aromatic carbocycles. The van der Waals surface area contributed by atoms with Gasteiger partial charge in [0.1, 0.15) is 5.75 Å². The van der Waals surface area contributed by atoms with E-state index in [0.717, 1.165) is 37.0 Å². The lowest BCUT2D eigenvalue weighted by atomic mass is 9.76. The molecule has 0 aromatic heterocycles. The third kappa shape index (κ3) is 17.5. The summed E-state index contributed by atoms with van der Waals surface area (Å²) in [6.45, 7) is 19.6. The molecule has 1 fully saturated rings. The van der Waals surface area contributed by atoms with Crippen LogP contribution in [-0.4, -0.2) is 31.5 Å². The van der Waals surface area contributed by atoms with Crippen molar-refractivity contribution in [2.24, 2.45) is 11.3 Å². The molecule has 1 aliphatic rings. The van der Waals surface area contributed by atoms with Gasteiger partial charge in [-0.1, -0.05) is 177 Å². The number of carbonyl (C=O) groups excluding carboxylic acids is 1. The topological polar surface area (TPSA) is 56.8 Å². The number of rotatable bonds is 26. The van der Waals surface area contributed by atoms with Crippen LogP contribution >= 0.6 is 0 Å². The molecule has 1 aromatic rings. The molecule has 2 atom stereocenters. The Morgan fingerprint density at radius 2 is 1.22 bits per heavy atom. The molecule has 0 saturated carbocycles. The molecule has 2 rings (SSSR count). The summed E-state index contributed by atoms with van der Waals surface area (Å²) in [5, 5.41) is 3.25. The molecule has 5 heteroatoms. The van der Waals surface area contributed by atoms with Crippen molar-refractivity contribution >= 4 is 11.6 Å². The second-order valence-electron chi connectivity index (χ2n) is 17.1. The zero-order chi connectivity index (χ0) is 36.0. The molecule has 1 heterocycles. The maximum Gasteiger partial charge on any atom is 0.284 e. The van der Waals surface area contributed by atoms with Crippen molar-refractivity contribution in [1.29, 1.82) is 0 Å². The summed E-state index contributed by atoms with van der Waals surface area (Å²) in [7, 11) is 0. The van der Waals surface area contributed by atoms with Crippen LogP contribution in [0.1, 0.15) is 202 Å². The maximum absolute atomic E-state index is 14.2. The molecule has 284 valence electrons. The van der Waals surface area contributed by atoms with E-state index in [-0.39, 0.29) is 16.7 Å². The molecule has 1 aliphatic heterocycles. The van der Waals surface area contributed by atoms with Gasteiger partial charge in [0, 0.05) is 6.42 Å². The molecular weight excluding hydrogens is 606 g/mol. The summed E-state index contributed by atoms with van der Waals surface area (Å²) in [6, 6.07) is 6.25. The van der Waals surface area contributed by atoms with Gasteiger partial charge >= 0.3 is 0 Å². The summed E-state index contributed by atoms with van der Waals surface area (Å²) in [5.74, 6) is -0.363. The SMILES string of the molecule is CCCCCCCCCCCCOc1ccc(C(C)(C)C)cc1NC(=O)C1(OCCCCCCCCCCCC)CCC(C(C)(C)C)CO1. The highest BCUT2D eigenvalue weighted by molar-refractivity contribution is 5.97. The van der Waals surface area contributed by atoms with Gasteiger partial charge in [-0.05, 0) is 53.7 Å². The van der Waals surface area contributed by atoms with Crippen LogP contribution in [0.3, 0.4) is 0 Å². The van der Waals surface area contributed by atoms with Crippen LogP contribution in [0.25, 0.3) is 0 Å². The highest BCUT2D eigenvalue weighted by atomic mass is 16.7. The first-order chi connectivity index (χ1) is 23.4. The predicted molar refractivity (Wildman–Crippen MR) is 210 cm³/mol. The minimum atomic E-state index is -1.27. The molecule has 0 spiro atoms. The van der Waals surface area contributed by atoms with E-state index in [4.69, 9.17) is 14.2 Å². The summed E-state index contributed by atoms with van der Waals surface area (Å²) in [6.07, 6.45) is 27.0. The fourth-order valence-corrected chi connectivity index (χ4v) is 6.83. The van der Waals surface area contributed by atoms with E-state index in [9.17, 15) is 4.79 Å². The maximum atomic E-state index is 14.2. The van der Waals surface area contributed by atoms with Crippen molar-refractivity contribution in [3.8, 4) is 5.75 Å². The Balaban J connectivity index is 1.99. The second-order valence-corrected chi connectivity index (χ2v) is 17.1.